The largest absolute Gasteiger partial charge is 0.361 e. The predicted molar refractivity (Wildman–Crippen MR) is 119 cm³/mol. The average molecular weight is 395 g/mol. The van der Waals surface area contributed by atoms with Gasteiger partial charge in [0.1, 0.15) is 10.9 Å². The number of anilines is 2. The minimum atomic E-state index is 0.523. The fraction of sp³-hybridized carbons (Fsp3) is 0.0435. The first-order valence-electron chi connectivity index (χ1n) is 9.21. The van der Waals surface area contributed by atoms with Crippen molar-refractivity contribution >= 4 is 43.8 Å². The van der Waals surface area contributed by atoms with Crippen LogP contribution in [0.15, 0.2) is 67.0 Å². The van der Waals surface area contributed by atoms with Gasteiger partial charge in [-0.05, 0) is 41.5 Å². The summed E-state index contributed by atoms with van der Waals surface area (Å²) in [5.74, 6) is 0. The lowest BCUT2D eigenvalue weighted by atomic mass is 10.1. The molecule has 0 amide bonds. The quantitative estimate of drug-likeness (QED) is 0.374. The number of hydrogen-bond donors (Lipinski definition) is 3. The number of nitrogens with zero attached hydrogens (tertiary/aromatic N) is 2. The molecule has 5 aromatic rings. The Morgan fingerprint density at radius 2 is 1.97 bits per heavy atom. The van der Waals surface area contributed by atoms with E-state index < -0.39 is 0 Å². The van der Waals surface area contributed by atoms with Gasteiger partial charge >= 0.3 is 0 Å². The molecule has 0 saturated carbocycles. The van der Waals surface area contributed by atoms with Crippen molar-refractivity contribution in [3.63, 3.8) is 0 Å². The van der Waals surface area contributed by atoms with Crippen LogP contribution in [0.1, 0.15) is 11.1 Å². The van der Waals surface area contributed by atoms with Crippen LogP contribution in [0.5, 0.6) is 0 Å². The summed E-state index contributed by atoms with van der Waals surface area (Å²) in [7, 11) is 0. The Balaban J connectivity index is 1.60. The average Bonchev–Trinajstić information content (AvgIpc) is 3.40. The maximum absolute atomic E-state index is 9.63. The summed E-state index contributed by atoms with van der Waals surface area (Å²) in [5.41, 5.74) is 11.2. The maximum Gasteiger partial charge on any atom is 0.126 e. The van der Waals surface area contributed by atoms with E-state index in [2.05, 4.69) is 45.6 Å². The Hall–Kier alpha value is -3.66. The number of nitrogens with one attached hydrogen (secondary N) is 2. The third kappa shape index (κ3) is 3.13. The van der Waals surface area contributed by atoms with Crippen molar-refractivity contribution in [3.05, 3.63) is 78.1 Å². The number of aromatic amines is 1. The Labute approximate surface area is 171 Å². The third-order valence-corrected chi connectivity index (χ3v) is 6.07. The molecule has 0 spiro atoms. The first-order valence-corrected chi connectivity index (χ1v) is 10.0. The van der Waals surface area contributed by atoms with E-state index >= 15 is 0 Å². The fourth-order valence-electron chi connectivity index (χ4n) is 3.43. The Morgan fingerprint density at radius 1 is 1.10 bits per heavy atom. The second-order valence-corrected chi connectivity index (χ2v) is 7.82. The molecule has 29 heavy (non-hydrogen) atoms. The molecular formula is C23H17N5S. The van der Waals surface area contributed by atoms with E-state index in [1.54, 1.807) is 17.5 Å². The lowest BCUT2D eigenvalue weighted by molar-refractivity contribution is 1.07. The monoisotopic (exact) mass is 395 g/mol. The van der Waals surface area contributed by atoms with Crippen LogP contribution in [0.4, 0.5) is 11.4 Å². The molecule has 0 saturated heterocycles. The molecule has 140 valence electrons. The first-order chi connectivity index (χ1) is 14.2. The molecule has 0 bridgehead atoms. The highest BCUT2D eigenvalue weighted by Gasteiger charge is 2.14. The molecule has 0 fully saturated rings. The van der Waals surface area contributed by atoms with E-state index in [9.17, 15) is 5.26 Å². The van der Waals surface area contributed by atoms with E-state index in [1.807, 2.05) is 36.5 Å². The van der Waals surface area contributed by atoms with Crippen LogP contribution in [0.2, 0.25) is 0 Å². The van der Waals surface area contributed by atoms with Crippen molar-refractivity contribution in [2.45, 2.75) is 6.54 Å². The van der Waals surface area contributed by atoms with Crippen molar-refractivity contribution in [3.8, 4) is 16.5 Å². The van der Waals surface area contributed by atoms with Crippen LogP contribution in [0.25, 0.3) is 31.6 Å². The van der Waals surface area contributed by atoms with Gasteiger partial charge in [0.2, 0.25) is 0 Å². The van der Waals surface area contributed by atoms with E-state index in [0.717, 1.165) is 48.5 Å². The molecule has 0 aliphatic carbocycles. The molecule has 2 aromatic carbocycles. The summed E-state index contributed by atoms with van der Waals surface area (Å²) in [6.45, 7) is 0.527. The van der Waals surface area contributed by atoms with Gasteiger partial charge in [-0.1, -0.05) is 24.3 Å². The number of thiophene rings is 1. The number of pyridine rings is 1. The summed E-state index contributed by atoms with van der Waals surface area (Å²) in [5, 5.41) is 15.1. The second kappa shape index (κ2) is 7.06. The molecular weight excluding hydrogens is 378 g/mol. The molecule has 0 aliphatic heterocycles. The third-order valence-electron chi connectivity index (χ3n) is 4.98. The number of benzene rings is 2. The van der Waals surface area contributed by atoms with Gasteiger partial charge in [0.05, 0.1) is 11.3 Å². The molecule has 0 radical (unpaired) electrons. The van der Waals surface area contributed by atoms with Crippen molar-refractivity contribution in [1.29, 1.82) is 5.26 Å². The molecule has 6 heteroatoms. The number of rotatable bonds is 4. The van der Waals surface area contributed by atoms with E-state index in [4.69, 9.17) is 5.73 Å². The fourth-order valence-corrected chi connectivity index (χ4v) is 4.45. The Bertz CT molecular complexity index is 1370. The summed E-state index contributed by atoms with van der Waals surface area (Å²) >= 11 is 1.61. The molecule has 5 nitrogen and oxygen atoms in total. The number of H-pyrrole nitrogens is 1. The topological polar surface area (TPSA) is 90.5 Å². The number of nitrogens with two attached hydrogens (primary N) is 1. The van der Waals surface area contributed by atoms with Gasteiger partial charge in [-0.25, -0.2) is 4.98 Å². The Kier molecular flexibility index (Phi) is 4.24. The molecule has 4 N–H and O–H groups in total. The van der Waals surface area contributed by atoms with Gasteiger partial charge in [-0.3, -0.25) is 0 Å². The molecule has 0 unspecified atom stereocenters. The molecule has 5 rings (SSSR count). The highest BCUT2D eigenvalue weighted by atomic mass is 32.1. The van der Waals surface area contributed by atoms with Crippen LogP contribution < -0.4 is 11.1 Å². The zero-order valence-corrected chi connectivity index (χ0v) is 16.3. The molecule has 3 aromatic heterocycles. The Morgan fingerprint density at radius 3 is 2.76 bits per heavy atom. The van der Waals surface area contributed by atoms with E-state index in [1.165, 1.54) is 0 Å². The lowest BCUT2D eigenvalue weighted by Crippen LogP contribution is -1.95. The van der Waals surface area contributed by atoms with Crippen molar-refractivity contribution in [1.82, 2.24) is 9.97 Å². The van der Waals surface area contributed by atoms with Crippen LogP contribution >= 0.6 is 11.3 Å². The molecule has 3 heterocycles. The van der Waals surface area contributed by atoms with E-state index in [0.29, 0.717) is 12.1 Å². The lowest BCUT2D eigenvalue weighted by Gasteiger charge is -2.09. The highest BCUT2D eigenvalue weighted by Crippen LogP contribution is 2.38. The van der Waals surface area contributed by atoms with Gasteiger partial charge in [-0.15, -0.1) is 11.3 Å². The minimum Gasteiger partial charge on any atom is -0.361 e. The van der Waals surface area contributed by atoms with Crippen LogP contribution in [-0.2, 0) is 6.54 Å². The van der Waals surface area contributed by atoms with Gasteiger partial charge in [0.15, 0.2) is 0 Å². The molecule has 0 atom stereocenters. The van der Waals surface area contributed by atoms with Gasteiger partial charge in [0.25, 0.3) is 0 Å². The summed E-state index contributed by atoms with van der Waals surface area (Å²) in [6, 6.07) is 20.7. The number of aromatic nitrogens is 2. The highest BCUT2D eigenvalue weighted by molar-refractivity contribution is 7.21. The van der Waals surface area contributed by atoms with Crippen LogP contribution in [0, 0.1) is 11.3 Å². The van der Waals surface area contributed by atoms with Gasteiger partial charge < -0.3 is 16.0 Å². The van der Waals surface area contributed by atoms with Crippen LogP contribution in [0.3, 0.4) is 0 Å². The first kappa shape index (κ1) is 17.4. The normalized spacial score (nSPS) is 11.0. The number of fused-ring (bicyclic) bond motifs is 2. The van der Waals surface area contributed by atoms with Crippen molar-refractivity contribution in [2.24, 2.45) is 5.73 Å². The maximum atomic E-state index is 9.63. The zero-order valence-electron chi connectivity index (χ0n) is 15.4. The predicted octanol–water partition coefficient (Wildman–Crippen LogP) is 5.52. The standard InChI is InChI=1S/C23H17N5S/c24-11-14-1-3-15(4-2-14)21-10-19-22(17(12-25)13-27-23(19)29-21)28-18-5-6-20-16(9-18)7-8-26-20/h1-10,13,26H,11,24H2,(H,27,28). The summed E-state index contributed by atoms with van der Waals surface area (Å²) in [4.78, 5) is 9.71. The van der Waals surface area contributed by atoms with Gasteiger partial charge in [0, 0.05) is 45.8 Å². The number of nitriles is 1. The second-order valence-electron chi connectivity index (χ2n) is 6.79. The molecule has 0 aliphatic rings. The summed E-state index contributed by atoms with van der Waals surface area (Å²) < 4.78 is 0. The minimum absolute atomic E-state index is 0.523. The number of hydrogen-bond acceptors (Lipinski definition) is 5. The van der Waals surface area contributed by atoms with Gasteiger partial charge in [-0.2, -0.15) is 5.26 Å². The van der Waals surface area contributed by atoms with Crippen molar-refractivity contribution in [2.75, 3.05) is 5.32 Å². The summed E-state index contributed by atoms with van der Waals surface area (Å²) in [6.07, 6.45) is 3.55. The van der Waals surface area contributed by atoms with E-state index in [-0.39, 0.29) is 0 Å². The van der Waals surface area contributed by atoms with Crippen molar-refractivity contribution < 1.29 is 0 Å². The smallest absolute Gasteiger partial charge is 0.126 e. The zero-order chi connectivity index (χ0) is 19.8. The van der Waals surface area contributed by atoms with Crippen LogP contribution in [-0.4, -0.2) is 9.97 Å². The SMILES string of the molecule is N#Cc1cnc2sc(-c3ccc(CN)cc3)cc2c1Nc1ccc2[nH]ccc2c1.